The van der Waals surface area contributed by atoms with E-state index in [1.165, 1.54) is 18.4 Å². The van der Waals surface area contributed by atoms with Crippen LogP contribution >= 0.6 is 15.9 Å². The predicted octanol–water partition coefficient (Wildman–Crippen LogP) is 2.91. The molecule has 0 amide bonds. The van der Waals surface area contributed by atoms with E-state index in [4.69, 9.17) is 5.73 Å². The zero-order chi connectivity index (χ0) is 7.84. The van der Waals surface area contributed by atoms with Crippen LogP contribution in [-0.2, 0) is 0 Å². The van der Waals surface area contributed by atoms with Gasteiger partial charge in [0, 0.05) is 10.2 Å². The molecular formula is C9H10BrN. The van der Waals surface area contributed by atoms with Crippen LogP contribution in [0.1, 0.15) is 24.3 Å². The molecule has 0 saturated heterocycles. The molecule has 0 aliphatic heterocycles. The van der Waals surface area contributed by atoms with Crippen LogP contribution in [0.5, 0.6) is 0 Å². The number of nitrogen functional groups attached to an aromatic ring is 1. The van der Waals surface area contributed by atoms with Crippen molar-refractivity contribution in [3.8, 4) is 0 Å². The molecule has 2 heteroatoms. The van der Waals surface area contributed by atoms with Gasteiger partial charge in [-0.3, -0.25) is 0 Å². The molecule has 0 unspecified atom stereocenters. The first kappa shape index (κ1) is 7.17. The topological polar surface area (TPSA) is 26.0 Å². The molecule has 0 heterocycles. The van der Waals surface area contributed by atoms with E-state index in [1.54, 1.807) is 0 Å². The number of hydrogen-bond donors (Lipinski definition) is 1. The zero-order valence-electron chi connectivity index (χ0n) is 6.18. The summed E-state index contributed by atoms with van der Waals surface area (Å²) < 4.78 is 1.03. The standard InChI is InChI=1S/C9H10BrN/c10-8-3-1-2-7(9(8)11)6-4-5-6/h1-3,6H,4-5,11H2. The molecule has 0 aromatic heterocycles. The van der Waals surface area contributed by atoms with Crippen molar-refractivity contribution in [2.45, 2.75) is 18.8 Å². The first-order chi connectivity index (χ1) is 5.29. The fraction of sp³-hybridized carbons (Fsp3) is 0.333. The Hall–Kier alpha value is -0.500. The summed E-state index contributed by atoms with van der Waals surface area (Å²) in [5.74, 6) is 0.743. The molecule has 1 fully saturated rings. The van der Waals surface area contributed by atoms with E-state index >= 15 is 0 Å². The second kappa shape index (κ2) is 2.52. The number of halogens is 1. The molecule has 58 valence electrons. The highest BCUT2D eigenvalue weighted by atomic mass is 79.9. The summed E-state index contributed by atoms with van der Waals surface area (Å²) in [6, 6.07) is 6.16. The molecule has 0 spiro atoms. The largest absolute Gasteiger partial charge is 0.398 e. The van der Waals surface area contributed by atoms with Gasteiger partial charge in [0.05, 0.1) is 0 Å². The van der Waals surface area contributed by atoms with Crippen LogP contribution in [0.25, 0.3) is 0 Å². The van der Waals surface area contributed by atoms with Gasteiger partial charge in [-0.15, -0.1) is 0 Å². The lowest BCUT2D eigenvalue weighted by molar-refractivity contribution is 1.13. The highest BCUT2D eigenvalue weighted by molar-refractivity contribution is 9.10. The van der Waals surface area contributed by atoms with Gasteiger partial charge in [0.15, 0.2) is 0 Å². The van der Waals surface area contributed by atoms with Crippen LogP contribution in [0.3, 0.4) is 0 Å². The summed E-state index contributed by atoms with van der Waals surface area (Å²) in [5, 5.41) is 0. The molecule has 2 N–H and O–H groups in total. The Morgan fingerprint density at radius 1 is 1.36 bits per heavy atom. The molecule has 1 aliphatic rings. The lowest BCUT2D eigenvalue weighted by Gasteiger charge is -2.04. The number of rotatable bonds is 1. The van der Waals surface area contributed by atoms with Crippen LogP contribution in [-0.4, -0.2) is 0 Å². The van der Waals surface area contributed by atoms with Crippen LogP contribution in [0.2, 0.25) is 0 Å². The van der Waals surface area contributed by atoms with Gasteiger partial charge in [-0.2, -0.15) is 0 Å². The van der Waals surface area contributed by atoms with Crippen molar-refractivity contribution in [1.82, 2.24) is 0 Å². The average molecular weight is 212 g/mol. The molecule has 1 nitrogen and oxygen atoms in total. The Balaban J connectivity index is 2.45. The SMILES string of the molecule is Nc1c(Br)cccc1C1CC1. The quantitative estimate of drug-likeness (QED) is 0.711. The monoisotopic (exact) mass is 211 g/mol. The Labute approximate surface area is 74.7 Å². The summed E-state index contributed by atoms with van der Waals surface area (Å²) in [5.41, 5.74) is 8.12. The summed E-state index contributed by atoms with van der Waals surface area (Å²) in [4.78, 5) is 0. The number of benzene rings is 1. The molecule has 1 aliphatic carbocycles. The fourth-order valence-electron chi connectivity index (χ4n) is 1.30. The van der Waals surface area contributed by atoms with Crippen molar-refractivity contribution in [3.63, 3.8) is 0 Å². The van der Waals surface area contributed by atoms with Crippen molar-refractivity contribution in [2.24, 2.45) is 0 Å². The van der Waals surface area contributed by atoms with Crippen LogP contribution in [0.15, 0.2) is 22.7 Å². The molecular weight excluding hydrogens is 202 g/mol. The molecule has 1 aromatic rings. The van der Waals surface area contributed by atoms with Crippen molar-refractivity contribution < 1.29 is 0 Å². The first-order valence-corrected chi connectivity index (χ1v) is 4.62. The summed E-state index contributed by atoms with van der Waals surface area (Å²) in [7, 11) is 0. The minimum absolute atomic E-state index is 0.743. The Bertz CT molecular complexity index is 279. The van der Waals surface area contributed by atoms with Crippen molar-refractivity contribution in [2.75, 3.05) is 5.73 Å². The maximum absolute atomic E-state index is 5.88. The van der Waals surface area contributed by atoms with E-state index in [0.29, 0.717) is 0 Å². The Kier molecular flexibility index (Phi) is 1.64. The maximum atomic E-state index is 5.88. The molecule has 2 rings (SSSR count). The fourth-order valence-corrected chi connectivity index (χ4v) is 1.69. The van der Waals surface area contributed by atoms with Gasteiger partial charge in [0.25, 0.3) is 0 Å². The normalized spacial score (nSPS) is 16.8. The van der Waals surface area contributed by atoms with Gasteiger partial charge < -0.3 is 5.73 Å². The van der Waals surface area contributed by atoms with Crippen molar-refractivity contribution >= 4 is 21.6 Å². The van der Waals surface area contributed by atoms with Crippen LogP contribution in [0, 0.1) is 0 Å². The van der Waals surface area contributed by atoms with Gasteiger partial charge >= 0.3 is 0 Å². The van der Waals surface area contributed by atoms with Gasteiger partial charge in [-0.1, -0.05) is 12.1 Å². The van der Waals surface area contributed by atoms with E-state index in [1.807, 2.05) is 12.1 Å². The Morgan fingerprint density at radius 3 is 2.73 bits per heavy atom. The van der Waals surface area contributed by atoms with E-state index in [9.17, 15) is 0 Å². The van der Waals surface area contributed by atoms with Crippen molar-refractivity contribution in [1.29, 1.82) is 0 Å². The lowest BCUT2D eigenvalue weighted by Crippen LogP contribution is -1.92. The second-order valence-electron chi connectivity index (χ2n) is 3.02. The molecule has 0 radical (unpaired) electrons. The van der Waals surface area contributed by atoms with E-state index in [2.05, 4.69) is 22.0 Å². The summed E-state index contributed by atoms with van der Waals surface area (Å²) in [6.07, 6.45) is 2.61. The molecule has 1 aromatic carbocycles. The predicted molar refractivity (Wildman–Crippen MR) is 50.5 cm³/mol. The zero-order valence-corrected chi connectivity index (χ0v) is 7.76. The van der Waals surface area contributed by atoms with Crippen LogP contribution < -0.4 is 5.73 Å². The van der Waals surface area contributed by atoms with Gasteiger partial charge in [-0.05, 0) is 46.3 Å². The van der Waals surface area contributed by atoms with E-state index in [0.717, 1.165) is 16.1 Å². The van der Waals surface area contributed by atoms with Gasteiger partial charge in [-0.25, -0.2) is 0 Å². The number of nitrogens with two attached hydrogens (primary N) is 1. The number of para-hydroxylation sites is 1. The number of hydrogen-bond acceptors (Lipinski definition) is 1. The molecule has 0 bridgehead atoms. The van der Waals surface area contributed by atoms with E-state index < -0.39 is 0 Å². The minimum Gasteiger partial charge on any atom is -0.398 e. The summed E-state index contributed by atoms with van der Waals surface area (Å²) >= 11 is 3.42. The first-order valence-electron chi connectivity index (χ1n) is 3.83. The molecule has 11 heavy (non-hydrogen) atoms. The van der Waals surface area contributed by atoms with Gasteiger partial charge in [0.1, 0.15) is 0 Å². The molecule has 1 saturated carbocycles. The minimum atomic E-state index is 0.743. The third kappa shape index (κ3) is 1.27. The third-order valence-corrected chi connectivity index (χ3v) is 2.80. The molecule has 0 atom stereocenters. The second-order valence-corrected chi connectivity index (χ2v) is 3.87. The smallest absolute Gasteiger partial charge is 0.0493 e. The Morgan fingerprint density at radius 2 is 2.09 bits per heavy atom. The van der Waals surface area contributed by atoms with E-state index in [-0.39, 0.29) is 0 Å². The highest BCUT2D eigenvalue weighted by Crippen LogP contribution is 2.44. The maximum Gasteiger partial charge on any atom is 0.0493 e. The lowest BCUT2D eigenvalue weighted by atomic mass is 10.1. The highest BCUT2D eigenvalue weighted by Gasteiger charge is 2.25. The van der Waals surface area contributed by atoms with Crippen molar-refractivity contribution in [3.05, 3.63) is 28.2 Å². The summed E-state index contributed by atoms with van der Waals surface area (Å²) in [6.45, 7) is 0. The van der Waals surface area contributed by atoms with Crippen LogP contribution in [0.4, 0.5) is 5.69 Å². The number of anilines is 1. The average Bonchev–Trinajstić information content (AvgIpc) is 2.77. The third-order valence-electron chi connectivity index (χ3n) is 2.10. The van der Waals surface area contributed by atoms with Gasteiger partial charge in [0.2, 0.25) is 0 Å².